The van der Waals surface area contributed by atoms with E-state index in [1.807, 2.05) is 0 Å². The van der Waals surface area contributed by atoms with Crippen molar-refractivity contribution in [2.24, 2.45) is 0 Å². The number of piperidine rings is 1. The van der Waals surface area contributed by atoms with E-state index < -0.39 is 0 Å². The maximum absolute atomic E-state index is 3.57. The average molecular weight is 246 g/mol. The van der Waals surface area contributed by atoms with Gasteiger partial charge in [-0.2, -0.15) is 11.3 Å². The van der Waals surface area contributed by atoms with Crippen LogP contribution < -0.4 is 5.32 Å². The Labute approximate surface area is 85.3 Å². The smallest absolute Gasteiger partial charge is 0.0339 e. The predicted octanol–water partition coefficient (Wildman–Crippen LogP) is 3.33. The van der Waals surface area contributed by atoms with E-state index in [4.69, 9.17) is 0 Å². The van der Waals surface area contributed by atoms with Gasteiger partial charge in [-0.3, -0.25) is 0 Å². The molecule has 1 nitrogen and oxygen atoms in total. The lowest BCUT2D eigenvalue weighted by molar-refractivity contribution is 0.412. The maximum Gasteiger partial charge on any atom is 0.0339 e. The molecule has 3 heteroatoms. The van der Waals surface area contributed by atoms with Crippen LogP contribution in [0.3, 0.4) is 0 Å². The minimum absolute atomic E-state index is 0.597. The van der Waals surface area contributed by atoms with Crippen LogP contribution in [0, 0.1) is 0 Å². The molecule has 1 aromatic heterocycles. The van der Waals surface area contributed by atoms with Crippen molar-refractivity contribution in [2.75, 3.05) is 6.54 Å². The highest BCUT2D eigenvalue weighted by Gasteiger charge is 2.17. The van der Waals surface area contributed by atoms with Crippen molar-refractivity contribution in [2.45, 2.75) is 25.3 Å². The molecule has 1 N–H and O–H groups in total. The number of thiophene rings is 1. The first-order chi connectivity index (χ1) is 5.88. The summed E-state index contributed by atoms with van der Waals surface area (Å²) in [4.78, 5) is 0. The van der Waals surface area contributed by atoms with E-state index in [0.29, 0.717) is 6.04 Å². The minimum atomic E-state index is 0.597. The number of halogens is 1. The van der Waals surface area contributed by atoms with Crippen molar-refractivity contribution >= 4 is 27.3 Å². The summed E-state index contributed by atoms with van der Waals surface area (Å²) in [5.74, 6) is 0. The van der Waals surface area contributed by atoms with Crippen LogP contribution in [0.5, 0.6) is 0 Å². The van der Waals surface area contributed by atoms with Crippen molar-refractivity contribution in [1.29, 1.82) is 0 Å². The normalized spacial score (nSPS) is 24.2. The largest absolute Gasteiger partial charge is 0.310 e. The van der Waals surface area contributed by atoms with Gasteiger partial charge >= 0.3 is 0 Å². The van der Waals surface area contributed by atoms with E-state index in [2.05, 4.69) is 32.0 Å². The maximum atomic E-state index is 3.57. The molecule has 1 aliphatic heterocycles. The van der Waals surface area contributed by atoms with Gasteiger partial charge in [0.25, 0.3) is 0 Å². The summed E-state index contributed by atoms with van der Waals surface area (Å²) in [6.07, 6.45) is 3.98. The molecule has 12 heavy (non-hydrogen) atoms. The molecule has 1 saturated heterocycles. The first kappa shape index (κ1) is 8.73. The molecule has 1 unspecified atom stereocenters. The average Bonchev–Trinajstić information content (AvgIpc) is 2.53. The zero-order chi connectivity index (χ0) is 8.39. The molecule has 2 heterocycles. The zero-order valence-corrected chi connectivity index (χ0v) is 9.25. The molecule has 0 spiro atoms. The SMILES string of the molecule is Brc1cscc1C1CCCCN1. The van der Waals surface area contributed by atoms with E-state index in [1.165, 1.54) is 35.8 Å². The van der Waals surface area contributed by atoms with E-state index in [0.717, 1.165) is 0 Å². The van der Waals surface area contributed by atoms with Crippen molar-refractivity contribution in [3.63, 3.8) is 0 Å². The first-order valence-corrected chi connectivity index (χ1v) is 6.06. The third kappa shape index (κ3) is 1.73. The summed E-state index contributed by atoms with van der Waals surface area (Å²) >= 11 is 5.35. The summed E-state index contributed by atoms with van der Waals surface area (Å²) in [6.45, 7) is 1.17. The highest BCUT2D eigenvalue weighted by molar-refractivity contribution is 9.10. The fourth-order valence-electron chi connectivity index (χ4n) is 1.66. The van der Waals surface area contributed by atoms with Gasteiger partial charge in [0.2, 0.25) is 0 Å². The van der Waals surface area contributed by atoms with Crippen molar-refractivity contribution in [3.8, 4) is 0 Å². The lowest BCUT2D eigenvalue weighted by Crippen LogP contribution is -2.26. The van der Waals surface area contributed by atoms with Crippen LogP contribution in [0.2, 0.25) is 0 Å². The van der Waals surface area contributed by atoms with Gasteiger partial charge in [0.1, 0.15) is 0 Å². The van der Waals surface area contributed by atoms with Gasteiger partial charge in [0, 0.05) is 15.9 Å². The molecule has 1 atom stereocenters. The molecular weight excluding hydrogens is 234 g/mol. The Morgan fingerprint density at radius 3 is 2.92 bits per heavy atom. The lowest BCUT2D eigenvalue weighted by atomic mass is 10.0. The second-order valence-corrected chi connectivity index (χ2v) is 4.78. The van der Waals surface area contributed by atoms with E-state index in [-0.39, 0.29) is 0 Å². The number of nitrogens with one attached hydrogen (secondary N) is 1. The summed E-state index contributed by atoms with van der Waals surface area (Å²) in [6, 6.07) is 0.597. The van der Waals surface area contributed by atoms with Gasteiger partial charge in [-0.1, -0.05) is 6.42 Å². The molecule has 0 amide bonds. The number of rotatable bonds is 1. The Hall–Kier alpha value is 0.140. The predicted molar refractivity (Wildman–Crippen MR) is 56.6 cm³/mol. The van der Waals surface area contributed by atoms with E-state index in [9.17, 15) is 0 Å². The van der Waals surface area contributed by atoms with Crippen LogP contribution >= 0.6 is 27.3 Å². The molecule has 0 radical (unpaired) electrons. The van der Waals surface area contributed by atoms with Gasteiger partial charge < -0.3 is 5.32 Å². The topological polar surface area (TPSA) is 12.0 Å². The Morgan fingerprint density at radius 2 is 2.33 bits per heavy atom. The molecule has 2 rings (SSSR count). The summed E-state index contributed by atoms with van der Waals surface area (Å²) in [5, 5.41) is 7.94. The fourth-order valence-corrected chi connectivity index (χ4v) is 3.28. The highest BCUT2D eigenvalue weighted by atomic mass is 79.9. The van der Waals surface area contributed by atoms with Crippen LogP contribution in [0.25, 0.3) is 0 Å². The first-order valence-electron chi connectivity index (χ1n) is 4.33. The lowest BCUT2D eigenvalue weighted by Gasteiger charge is -2.23. The summed E-state index contributed by atoms with van der Waals surface area (Å²) in [5.41, 5.74) is 1.44. The summed E-state index contributed by atoms with van der Waals surface area (Å²) < 4.78 is 1.27. The van der Waals surface area contributed by atoms with Gasteiger partial charge in [-0.05, 0) is 46.3 Å². The van der Waals surface area contributed by atoms with Crippen LogP contribution in [0.15, 0.2) is 15.2 Å². The van der Waals surface area contributed by atoms with Gasteiger partial charge in [0.15, 0.2) is 0 Å². The molecular formula is C9H12BrNS. The quantitative estimate of drug-likeness (QED) is 0.801. The molecule has 0 aliphatic carbocycles. The number of hydrogen-bond acceptors (Lipinski definition) is 2. The standard InChI is InChI=1S/C9H12BrNS/c10-8-6-12-5-7(8)9-3-1-2-4-11-9/h5-6,9,11H,1-4H2. The summed E-state index contributed by atoms with van der Waals surface area (Å²) in [7, 11) is 0. The molecule has 1 fully saturated rings. The van der Waals surface area contributed by atoms with E-state index in [1.54, 1.807) is 11.3 Å². The molecule has 1 aliphatic rings. The Kier molecular flexibility index (Phi) is 2.84. The molecule has 1 aromatic rings. The zero-order valence-electron chi connectivity index (χ0n) is 6.85. The van der Waals surface area contributed by atoms with Crippen molar-refractivity contribution in [1.82, 2.24) is 5.32 Å². The second kappa shape index (κ2) is 3.90. The van der Waals surface area contributed by atoms with Crippen LogP contribution in [0.4, 0.5) is 0 Å². The van der Waals surface area contributed by atoms with Gasteiger partial charge in [0.05, 0.1) is 0 Å². The number of hydrogen-bond donors (Lipinski definition) is 1. The second-order valence-electron chi connectivity index (χ2n) is 3.18. The Morgan fingerprint density at radius 1 is 1.42 bits per heavy atom. The Bertz CT molecular complexity index is 253. The van der Waals surface area contributed by atoms with Crippen molar-refractivity contribution in [3.05, 3.63) is 20.8 Å². The van der Waals surface area contributed by atoms with Crippen LogP contribution in [-0.2, 0) is 0 Å². The van der Waals surface area contributed by atoms with Crippen LogP contribution in [-0.4, -0.2) is 6.54 Å². The Balaban J connectivity index is 2.13. The third-order valence-electron chi connectivity index (χ3n) is 2.33. The van der Waals surface area contributed by atoms with E-state index >= 15 is 0 Å². The minimum Gasteiger partial charge on any atom is -0.310 e. The van der Waals surface area contributed by atoms with Gasteiger partial charge in [-0.15, -0.1) is 0 Å². The third-order valence-corrected chi connectivity index (χ3v) is 4.08. The fraction of sp³-hybridized carbons (Fsp3) is 0.556. The van der Waals surface area contributed by atoms with Crippen LogP contribution in [0.1, 0.15) is 30.9 Å². The molecule has 0 saturated carbocycles. The van der Waals surface area contributed by atoms with Gasteiger partial charge in [-0.25, -0.2) is 0 Å². The molecule has 66 valence electrons. The molecule has 0 bridgehead atoms. The molecule has 0 aromatic carbocycles. The van der Waals surface area contributed by atoms with Crippen molar-refractivity contribution < 1.29 is 0 Å². The highest BCUT2D eigenvalue weighted by Crippen LogP contribution is 2.31. The monoisotopic (exact) mass is 245 g/mol.